The van der Waals surface area contributed by atoms with Crippen LogP contribution < -0.4 is 4.74 Å². The van der Waals surface area contributed by atoms with Crippen LogP contribution in [0.2, 0.25) is 0 Å². The molecule has 29 heavy (non-hydrogen) atoms. The quantitative estimate of drug-likeness (QED) is 0.334. The van der Waals surface area contributed by atoms with Gasteiger partial charge in [0.2, 0.25) is 0 Å². The van der Waals surface area contributed by atoms with Gasteiger partial charge >= 0.3 is 5.97 Å². The van der Waals surface area contributed by atoms with E-state index in [1.54, 1.807) is 6.07 Å². The van der Waals surface area contributed by atoms with Gasteiger partial charge in [-0.1, -0.05) is 95.0 Å². The predicted octanol–water partition coefficient (Wildman–Crippen LogP) is 7.06. The monoisotopic (exact) mass is 398 g/mol. The fourth-order valence-corrected chi connectivity index (χ4v) is 3.53. The van der Waals surface area contributed by atoms with Crippen LogP contribution in [-0.4, -0.2) is 22.8 Å². The number of hydrogen-bond acceptors (Lipinski definition) is 3. The second-order valence-electron chi connectivity index (χ2n) is 7.57. The van der Waals surface area contributed by atoms with Gasteiger partial charge in [0, 0.05) is 11.6 Å². The molecule has 0 amide bonds. The summed E-state index contributed by atoms with van der Waals surface area (Å²) in [6.07, 6.45) is 12.6. The van der Waals surface area contributed by atoms with Gasteiger partial charge < -0.3 is 14.9 Å². The summed E-state index contributed by atoms with van der Waals surface area (Å²) in [4.78, 5) is 11.6. The van der Waals surface area contributed by atoms with Gasteiger partial charge in [-0.3, -0.25) is 0 Å². The molecule has 158 valence electrons. The second kappa shape index (κ2) is 12.9. The first-order valence-electron chi connectivity index (χ1n) is 10.9. The summed E-state index contributed by atoms with van der Waals surface area (Å²) in [5.41, 5.74) is 1.11. The summed E-state index contributed by atoms with van der Waals surface area (Å²) in [7, 11) is 0. The number of rotatable bonds is 14. The van der Waals surface area contributed by atoms with Crippen molar-refractivity contribution in [2.75, 3.05) is 6.61 Å². The summed E-state index contributed by atoms with van der Waals surface area (Å²) in [6, 6.07) is 12.3. The third-order valence-corrected chi connectivity index (χ3v) is 5.16. The average molecular weight is 399 g/mol. The molecule has 2 rings (SSSR count). The number of phenols is 1. The summed E-state index contributed by atoms with van der Waals surface area (Å²) in [6.45, 7) is 2.81. The highest BCUT2D eigenvalue weighted by atomic mass is 16.5. The average Bonchev–Trinajstić information content (AvgIpc) is 2.72. The largest absolute Gasteiger partial charge is 0.507 e. The van der Waals surface area contributed by atoms with E-state index in [0.29, 0.717) is 17.9 Å². The van der Waals surface area contributed by atoms with Crippen molar-refractivity contribution in [3.63, 3.8) is 0 Å². The van der Waals surface area contributed by atoms with Crippen LogP contribution in [0.1, 0.15) is 81.5 Å². The van der Waals surface area contributed by atoms with E-state index in [9.17, 15) is 15.0 Å². The Bertz CT molecular complexity index is 740. The number of aromatic carboxylic acids is 1. The number of aromatic hydroxyl groups is 1. The molecule has 0 saturated heterocycles. The number of ether oxygens (including phenoxy) is 1. The Morgan fingerprint density at radius 2 is 1.45 bits per heavy atom. The first-order chi connectivity index (χ1) is 14.1. The predicted molar refractivity (Wildman–Crippen MR) is 118 cm³/mol. The van der Waals surface area contributed by atoms with Crippen molar-refractivity contribution in [1.29, 1.82) is 0 Å². The molecule has 0 bridgehead atoms. The standard InChI is InChI=1S/C25H34O4/c1-2-3-4-5-6-7-8-9-10-14-17-29-21-18-22(20-15-12-11-13-16-20)24(25(27)28)23(26)19-21/h11-13,15-16,18-19,26H,2-10,14,17H2,1H3,(H,27,28). The fraction of sp³-hybridized carbons (Fsp3) is 0.480. The van der Waals surface area contributed by atoms with Crippen LogP contribution in [0.4, 0.5) is 0 Å². The molecule has 0 aliphatic heterocycles. The van der Waals surface area contributed by atoms with Gasteiger partial charge in [-0.15, -0.1) is 0 Å². The number of carboxylic acid groups (broad SMARTS) is 1. The molecular weight excluding hydrogens is 364 g/mol. The fourth-order valence-electron chi connectivity index (χ4n) is 3.53. The molecule has 0 aliphatic rings. The Labute approximate surface area is 174 Å². The van der Waals surface area contributed by atoms with Crippen LogP contribution >= 0.6 is 0 Å². The van der Waals surface area contributed by atoms with E-state index in [1.807, 2.05) is 30.3 Å². The van der Waals surface area contributed by atoms with Gasteiger partial charge in [-0.2, -0.15) is 0 Å². The van der Waals surface area contributed by atoms with Gasteiger partial charge in [0.1, 0.15) is 17.1 Å². The number of benzene rings is 2. The zero-order chi connectivity index (χ0) is 20.9. The van der Waals surface area contributed by atoms with Gasteiger partial charge in [0.25, 0.3) is 0 Å². The van der Waals surface area contributed by atoms with Crippen LogP contribution in [0.5, 0.6) is 11.5 Å². The minimum atomic E-state index is -1.15. The summed E-state index contributed by atoms with van der Waals surface area (Å²) < 4.78 is 5.80. The van der Waals surface area contributed by atoms with E-state index in [0.717, 1.165) is 18.4 Å². The Kier molecular flexibility index (Phi) is 10.1. The Hall–Kier alpha value is -2.49. The lowest BCUT2D eigenvalue weighted by Crippen LogP contribution is -2.03. The van der Waals surface area contributed by atoms with E-state index < -0.39 is 5.97 Å². The SMILES string of the molecule is CCCCCCCCCCCCOc1cc(O)c(C(=O)O)c(-c2ccccc2)c1. The van der Waals surface area contributed by atoms with Crippen LogP contribution in [0.15, 0.2) is 42.5 Å². The van der Waals surface area contributed by atoms with E-state index in [1.165, 1.54) is 57.4 Å². The van der Waals surface area contributed by atoms with Crippen molar-refractivity contribution in [3.05, 3.63) is 48.0 Å². The third-order valence-electron chi connectivity index (χ3n) is 5.16. The summed E-state index contributed by atoms with van der Waals surface area (Å²) >= 11 is 0. The normalized spacial score (nSPS) is 10.8. The molecule has 0 aromatic heterocycles. The zero-order valence-corrected chi connectivity index (χ0v) is 17.5. The lowest BCUT2D eigenvalue weighted by Gasteiger charge is -2.13. The zero-order valence-electron chi connectivity index (χ0n) is 17.5. The first-order valence-corrected chi connectivity index (χ1v) is 10.9. The van der Waals surface area contributed by atoms with E-state index >= 15 is 0 Å². The molecule has 0 aliphatic carbocycles. The van der Waals surface area contributed by atoms with Crippen molar-refractivity contribution in [2.45, 2.75) is 71.1 Å². The molecule has 2 aromatic rings. The number of unbranched alkanes of at least 4 members (excludes halogenated alkanes) is 9. The molecule has 0 atom stereocenters. The van der Waals surface area contributed by atoms with Gasteiger partial charge in [-0.25, -0.2) is 4.79 Å². The van der Waals surface area contributed by atoms with Crippen molar-refractivity contribution in [3.8, 4) is 22.6 Å². The molecule has 0 spiro atoms. The highest BCUT2D eigenvalue weighted by Crippen LogP contribution is 2.35. The maximum atomic E-state index is 11.6. The van der Waals surface area contributed by atoms with Crippen LogP contribution in [0.25, 0.3) is 11.1 Å². The number of carboxylic acids is 1. The molecule has 2 aromatic carbocycles. The van der Waals surface area contributed by atoms with E-state index in [4.69, 9.17) is 4.74 Å². The lowest BCUT2D eigenvalue weighted by molar-refractivity contribution is 0.0694. The molecule has 0 heterocycles. The van der Waals surface area contributed by atoms with Crippen molar-refractivity contribution in [2.24, 2.45) is 0 Å². The summed E-state index contributed by atoms with van der Waals surface area (Å²) in [5.74, 6) is -0.915. The molecule has 0 unspecified atom stereocenters. The van der Waals surface area contributed by atoms with Crippen molar-refractivity contribution in [1.82, 2.24) is 0 Å². The minimum Gasteiger partial charge on any atom is -0.507 e. The molecule has 0 radical (unpaired) electrons. The van der Waals surface area contributed by atoms with Crippen molar-refractivity contribution < 1.29 is 19.7 Å². The molecule has 0 saturated carbocycles. The van der Waals surface area contributed by atoms with Gasteiger partial charge in [-0.05, 0) is 18.1 Å². The minimum absolute atomic E-state index is 0.0949. The van der Waals surface area contributed by atoms with Crippen molar-refractivity contribution >= 4 is 5.97 Å². The first kappa shape index (κ1) is 22.8. The van der Waals surface area contributed by atoms with Crippen LogP contribution in [0.3, 0.4) is 0 Å². The topological polar surface area (TPSA) is 66.8 Å². The number of carbonyl (C=O) groups is 1. The third kappa shape index (κ3) is 7.80. The Balaban J connectivity index is 1.80. The van der Waals surface area contributed by atoms with E-state index in [-0.39, 0.29) is 11.3 Å². The second-order valence-corrected chi connectivity index (χ2v) is 7.57. The maximum absolute atomic E-state index is 11.6. The number of hydrogen-bond donors (Lipinski definition) is 2. The van der Waals surface area contributed by atoms with Crippen LogP contribution in [0, 0.1) is 0 Å². The highest BCUT2D eigenvalue weighted by molar-refractivity contribution is 5.99. The van der Waals surface area contributed by atoms with E-state index in [2.05, 4.69) is 6.92 Å². The van der Waals surface area contributed by atoms with Crippen LogP contribution in [-0.2, 0) is 0 Å². The molecular formula is C25H34O4. The molecule has 4 nitrogen and oxygen atoms in total. The van der Waals surface area contributed by atoms with Gasteiger partial charge in [0.05, 0.1) is 6.61 Å². The highest BCUT2D eigenvalue weighted by Gasteiger charge is 2.18. The molecule has 4 heteroatoms. The summed E-state index contributed by atoms with van der Waals surface area (Å²) in [5, 5.41) is 19.7. The maximum Gasteiger partial charge on any atom is 0.340 e. The Morgan fingerprint density at radius 3 is 2.03 bits per heavy atom. The van der Waals surface area contributed by atoms with Gasteiger partial charge in [0.15, 0.2) is 0 Å². The Morgan fingerprint density at radius 1 is 0.862 bits per heavy atom. The molecule has 2 N–H and O–H groups in total. The molecule has 0 fully saturated rings. The lowest BCUT2D eigenvalue weighted by atomic mass is 9.98. The smallest absolute Gasteiger partial charge is 0.340 e.